The minimum absolute atomic E-state index is 0.251. The molecule has 0 aliphatic heterocycles. The number of nitrogens with one attached hydrogen (secondary N) is 1. The van der Waals surface area contributed by atoms with Gasteiger partial charge in [0.05, 0.1) is 6.61 Å². The van der Waals surface area contributed by atoms with Crippen LogP contribution in [0.2, 0.25) is 0 Å². The van der Waals surface area contributed by atoms with Gasteiger partial charge in [0.2, 0.25) is 0 Å². The highest BCUT2D eigenvalue weighted by atomic mass is 16.5. The van der Waals surface area contributed by atoms with Crippen molar-refractivity contribution in [3.63, 3.8) is 0 Å². The summed E-state index contributed by atoms with van der Waals surface area (Å²) >= 11 is 0. The van der Waals surface area contributed by atoms with E-state index in [0.717, 1.165) is 12.3 Å². The summed E-state index contributed by atoms with van der Waals surface area (Å²) in [7, 11) is 0. The van der Waals surface area contributed by atoms with Crippen LogP contribution < -0.4 is 10.1 Å². The molecule has 0 aliphatic rings. The van der Waals surface area contributed by atoms with Gasteiger partial charge in [-0.2, -0.15) is 0 Å². The van der Waals surface area contributed by atoms with Gasteiger partial charge < -0.3 is 19.9 Å². The molecule has 0 bridgehead atoms. The lowest BCUT2D eigenvalue weighted by Crippen LogP contribution is -2.23. The number of rotatable bonds is 9. The third kappa shape index (κ3) is 7.15. The molecular formula is C15H25NO3. The lowest BCUT2D eigenvalue weighted by molar-refractivity contribution is 0.0164. The van der Waals surface area contributed by atoms with Gasteiger partial charge in [-0.1, -0.05) is 26.0 Å². The van der Waals surface area contributed by atoms with Gasteiger partial charge in [-0.15, -0.1) is 0 Å². The molecule has 0 heterocycles. The van der Waals surface area contributed by atoms with Gasteiger partial charge in [-0.3, -0.25) is 0 Å². The van der Waals surface area contributed by atoms with Crippen molar-refractivity contribution < 1.29 is 14.6 Å². The van der Waals surface area contributed by atoms with Crippen molar-refractivity contribution in [2.45, 2.75) is 39.5 Å². The van der Waals surface area contributed by atoms with Crippen molar-refractivity contribution in [3.8, 4) is 5.75 Å². The van der Waals surface area contributed by atoms with Crippen molar-refractivity contribution in [1.29, 1.82) is 0 Å². The summed E-state index contributed by atoms with van der Waals surface area (Å²) in [6.45, 7) is 8.11. The highest BCUT2D eigenvalue weighted by Crippen LogP contribution is 2.13. The van der Waals surface area contributed by atoms with E-state index in [2.05, 4.69) is 25.2 Å². The van der Waals surface area contributed by atoms with E-state index < -0.39 is 6.10 Å². The number of hydrogen-bond donors (Lipinski definition) is 2. The predicted octanol–water partition coefficient (Wildman–Crippen LogP) is 1.96. The molecule has 1 aromatic rings. The van der Waals surface area contributed by atoms with Crippen molar-refractivity contribution >= 4 is 0 Å². The second-order valence-electron chi connectivity index (χ2n) is 4.81. The molecule has 0 radical (unpaired) electrons. The summed E-state index contributed by atoms with van der Waals surface area (Å²) in [5.41, 5.74) is 1.17. The number of aliphatic hydroxyl groups excluding tert-OH is 1. The van der Waals surface area contributed by atoms with Crippen molar-refractivity contribution in [1.82, 2.24) is 5.32 Å². The summed E-state index contributed by atoms with van der Waals surface area (Å²) in [6.07, 6.45) is -0.586. The molecule has 1 atom stereocenters. The van der Waals surface area contributed by atoms with Crippen LogP contribution in [-0.4, -0.2) is 37.1 Å². The monoisotopic (exact) mass is 267 g/mol. The molecule has 1 unspecified atom stereocenters. The van der Waals surface area contributed by atoms with Crippen molar-refractivity contribution in [2.75, 3.05) is 19.8 Å². The Morgan fingerprint density at radius 2 is 2.05 bits per heavy atom. The molecule has 19 heavy (non-hydrogen) atoms. The lowest BCUT2D eigenvalue weighted by atomic mass is 10.2. The van der Waals surface area contributed by atoms with Crippen LogP contribution in [0, 0.1) is 0 Å². The Morgan fingerprint density at radius 1 is 1.26 bits per heavy atom. The van der Waals surface area contributed by atoms with Gasteiger partial charge >= 0.3 is 0 Å². The van der Waals surface area contributed by atoms with Crippen LogP contribution in [0.1, 0.15) is 26.3 Å². The van der Waals surface area contributed by atoms with Gasteiger partial charge in [-0.05, 0) is 24.6 Å². The summed E-state index contributed by atoms with van der Waals surface area (Å²) in [6, 6.07) is 8.35. The maximum Gasteiger partial charge on any atom is 0.119 e. The normalized spacial score (nSPS) is 12.7. The number of aliphatic hydroxyl groups is 1. The lowest BCUT2D eigenvalue weighted by Gasteiger charge is -2.13. The third-order valence-electron chi connectivity index (χ3n) is 2.57. The van der Waals surface area contributed by atoms with Gasteiger partial charge in [-0.25, -0.2) is 0 Å². The van der Waals surface area contributed by atoms with E-state index in [1.807, 2.05) is 25.1 Å². The number of ether oxygens (including phenoxy) is 2. The molecule has 0 amide bonds. The standard InChI is InChI=1S/C15H25NO3/c1-4-18-10-14(17)11-19-15-7-5-6-13(8-15)9-16-12(2)3/h5-8,12,14,16-17H,4,9-11H2,1-3H3. The molecule has 1 aromatic carbocycles. The number of hydrogen-bond acceptors (Lipinski definition) is 4. The fraction of sp³-hybridized carbons (Fsp3) is 0.600. The second-order valence-corrected chi connectivity index (χ2v) is 4.81. The summed E-state index contributed by atoms with van der Waals surface area (Å²) in [5, 5.41) is 13.0. The fourth-order valence-electron chi connectivity index (χ4n) is 1.56. The van der Waals surface area contributed by atoms with Crippen molar-refractivity contribution in [3.05, 3.63) is 29.8 Å². The van der Waals surface area contributed by atoms with E-state index >= 15 is 0 Å². The molecule has 0 spiro atoms. The first kappa shape index (κ1) is 16.0. The van der Waals surface area contributed by atoms with E-state index in [1.165, 1.54) is 5.56 Å². The third-order valence-corrected chi connectivity index (χ3v) is 2.57. The molecule has 108 valence electrons. The SMILES string of the molecule is CCOCC(O)COc1cccc(CNC(C)C)c1. The van der Waals surface area contributed by atoms with E-state index in [0.29, 0.717) is 19.3 Å². The highest BCUT2D eigenvalue weighted by Gasteiger charge is 2.05. The van der Waals surface area contributed by atoms with Crippen LogP contribution in [0.3, 0.4) is 0 Å². The Kier molecular flexibility index (Phi) is 7.48. The molecule has 4 nitrogen and oxygen atoms in total. The Morgan fingerprint density at radius 3 is 2.74 bits per heavy atom. The van der Waals surface area contributed by atoms with E-state index in [-0.39, 0.29) is 6.61 Å². The first-order valence-electron chi connectivity index (χ1n) is 6.82. The maximum atomic E-state index is 9.62. The first-order chi connectivity index (χ1) is 9.11. The van der Waals surface area contributed by atoms with E-state index in [4.69, 9.17) is 9.47 Å². The van der Waals surface area contributed by atoms with Crippen molar-refractivity contribution in [2.24, 2.45) is 0 Å². The van der Waals surface area contributed by atoms with Gasteiger partial charge in [0.25, 0.3) is 0 Å². The average Bonchev–Trinajstić information content (AvgIpc) is 2.41. The van der Waals surface area contributed by atoms with Gasteiger partial charge in [0, 0.05) is 19.2 Å². The molecule has 0 aromatic heterocycles. The molecule has 0 saturated heterocycles. The first-order valence-corrected chi connectivity index (χ1v) is 6.82. The molecule has 4 heteroatoms. The molecule has 0 saturated carbocycles. The highest BCUT2D eigenvalue weighted by molar-refractivity contribution is 5.28. The van der Waals surface area contributed by atoms with Crippen LogP contribution >= 0.6 is 0 Å². The fourth-order valence-corrected chi connectivity index (χ4v) is 1.56. The molecular weight excluding hydrogens is 242 g/mol. The van der Waals surface area contributed by atoms with E-state index in [9.17, 15) is 5.11 Å². The number of benzene rings is 1. The van der Waals surface area contributed by atoms with Gasteiger partial charge in [0.1, 0.15) is 18.5 Å². The van der Waals surface area contributed by atoms with Crippen LogP contribution in [0.15, 0.2) is 24.3 Å². The van der Waals surface area contributed by atoms with Crippen LogP contribution in [0.4, 0.5) is 0 Å². The zero-order valence-electron chi connectivity index (χ0n) is 12.1. The Balaban J connectivity index is 2.39. The average molecular weight is 267 g/mol. The smallest absolute Gasteiger partial charge is 0.119 e. The van der Waals surface area contributed by atoms with E-state index in [1.54, 1.807) is 0 Å². The van der Waals surface area contributed by atoms with Gasteiger partial charge in [0.15, 0.2) is 0 Å². The van der Waals surface area contributed by atoms with Crippen LogP contribution in [-0.2, 0) is 11.3 Å². The Hall–Kier alpha value is -1.10. The molecule has 2 N–H and O–H groups in total. The largest absolute Gasteiger partial charge is 0.491 e. The zero-order chi connectivity index (χ0) is 14.1. The summed E-state index contributed by atoms with van der Waals surface area (Å²) in [4.78, 5) is 0. The van der Waals surface area contributed by atoms with Crippen LogP contribution in [0.5, 0.6) is 5.75 Å². The molecule has 0 fully saturated rings. The Bertz CT molecular complexity index is 355. The quantitative estimate of drug-likeness (QED) is 0.718. The molecule has 0 aliphatic carbocycles. The summed E-state index contributed by atoms with van der Waals surface area (Å²) < 4.78 is 10.7. The summed E-state index contributed by atoms with van der Waals surface area (Å²) in [5.74, 6) is 0.776. The second kappa shape index (κ2) is 8.91. The van der Waals surface area contributed by atoms with Crippen LogP contribution in [0.25, 0.3) is 0 Å². The minimum Gasteiger partial charge on any atom is -0.491 e. The Labute approximate surface area is 115 Å². The maximum absolute atomic E-state index is 9.62. The molecule has 1 rings (SSSR count). The predicted molar refractivity (Wildman–Crippen MR) is 76.4 cm³/mol. The zero-order valence-corrected chi connectivity index (χ0v) is 12.1. The topological polar surface area (TPSA) is 50.7 Å². The minimum atomic E-state index is -0.586.